The van der Waals surface area contributed by atoms with Crippen molar-refractivity contribution in [2.75, 3.05) is 10.6 Å². The van der Waals surface area contributed by atoms with Gasteiger partial charge in [0.15, 0.2) is 6.04 Å². The fraction of sp³-hybridized carbons (Fsp3) is 0.158. The number of rotatable bonds is 3. The fourth-order valence-electron chi connectivity index (χ4n) is 3.07. The molecule has 2 heterocycles. The minimum absolute atomic E-state index is 0.186. The topological polar surface area (TPSA) is 103 Å². The number of carbonyl (C=O) groups excluding carboxylic acids is 3. The normalized spacial score (nSPS) is 17.9. The Bertz CT molecular complexity index is 971. The van der Waals surface area contributed by atoms with Crippen LogP contribution in [0.4, 0.5) is 21.9 Å². The van der Waals surface area contributed by atoms with Crippen LogP contribution in [0.15, 0.2) is 53.5 Å². The number of hydrogen-bond donors (Lipinski definition) is 3. The van der Waals surface area contributed by atoms with Gasteiger partial charge in [0.1, 0.15) is 5.84 Å². The van der Waals surface area contributed by atoms with Crippen LogP contribution in [0.2, 0.25) is 0 Å². The molecular formula is C19H17N5O3. The monoisotopic (exact) mass is 363 g/mol. The SMILES string of the molecule is CC(=O)Nc1ccc2c(c1)N=C1NC(=O)N(Cc3ccccc3)C(=O)[C@@H]1N2. The molecular weight excluding hydrogens is 346 g/mol. The highest BCUT2D eigenvalue weighted by molar-refractivity contribution is 6.23. The molecule has 1 atom stereocenters. The van der Waals surface area contributed by atoms with Crippen molar-refractivity contribution in [3.05, 3.63) is 54.1 Å². The molecule has 27 heavy (non-hydrogen) atoms. The second-order valence-corrected chi connectivity index (χ2v) is 6.33. The predicted octanol–water partition coefficient (Wildman–Crippen LogP) is 2.22. The molecule has 2 aromatic carbocycles. The van der Waals surface area contributed by atoms with Crippen LogP contribution < -0.4 is 16.0 Å². The van der Waals surface area contributed by atoms with E-state index in [4.69, 9.17) is 0 Å². The van der Waals surface area contributed by atoms with Crippen LogP contribution in [0.3, 0.4) is 0 Å². The Morgan fingerprint density at radius 3 is 2.70 bits per heavy atom. The third-order valence-corrected chi connectivity index (χ3v) is 4.31. The Morgan fingerprint density at radius 2 is 1.96 bits per heavy atom. The van der Waals surface area contributed by atoms with Gasteiger partial charge < -0.3 is 10.6 Å². The molecule has 0 radical (unpaired) electrons. The van der Waals surface area contributed by atoms with Gasteiger partial charge in [0.05, 0.1) is 17.9 Å². The number of urea groups is 1. The number of imide groups is 1. The Kier molecular flexibility index (Phi) is 4.08. The summed E-state index contributed by atoms with van der Waals surface area (Å²) in [5.74, 6) is -0.304. The number of amides is 4. The number of anilines is 2. The molecule has 2 aliphatic rings. The summed E-state index contributed by atoms with van der Waals surface area (Å²) in [6, 6.07) is 13.2. The number of aliphatic imine (C=N–C) groups is 1. The zero-order chi connectivity index (χ0) is 19.0. The largest absolute Gasteiger partial charge is 0.366 e. The van der Waals surface area contributed by atoms with E-state index in [1.807, 2.05) is 30.3 Å². The van der Waals surface area contributed by atoms with Gasteiger partial charge in [-0.25, -0.2) is 9.79 Å². The van der Waals surface area contributed by atoms with Crippen LogP contribution in [-0.4, -0.2) is 34.6 Å². The summed E-state index contributed by atoms with van der Waals surface area (Å²) in [6.45, 7) is 1.60. The van der Waals surface area contributed by atoms with Gasteiger partial charge in [0, 0.05) is 12.6 Å². The molecule has 1 saturated heterocycles. The number of nitrogens with zero attached hydrogens (tertiary/aromatic N) is 2. The maximum absolute atomic E-state index is 12.9. The van der Waals surface area contributed by atoms with Crippen LogP contribution >= 0.6 is 0 Å². The van der Waals surface area contributed by atoms with Crippen LogP contribution in [0, 0.1) is 0 Å². The van der Waals surface area contributed by atoms with Crippen molar-refractivity contribution in [2.24, 2.45) is 4.99 Å². The molecule has 0 aliphatic carbocycles. The molecule has 0 unspecified atom stereocenters. The Morgan fingerprint density at radius 1 is 1.19 bits per heavy atom. The van der Waals surface area contributed by atoms with E-state index in [0.717, 1.165) is 5.56 Å². The average Bonchev–Trinajstić information content (AvgIpc) is 2.64. The summed E-state index contributed by atoms with van der Waals surface area (Å²) in [5.41, 5.74) is 2.64. The molecule has 8 nitrogen and oxygen atoms in total. The van der Waals surface area contributed by atoms with E-state index in [2.05, 4.69) is 20.9 Å². The summed E-state index contributed by atoms with van der Waals surface area (Å²) < 4.78 is 0. The Labute approximate surface area is 155 Å². The zero-order valence-electron chi connectivity index (χ0n) is 14.5. The Hall–Kier alpha value is -3.68. The van der Waals surface area contributed by atoms with E-state index in [0.29, 0.717) is 17.1 Å². The first-order valence-corrected chi connectivity index (χ1v) is 8.44. The van der Waals surface area contributed by atoms with Gasteiger partial charge in [-0.2, -0.15) is 0 Å². The number of fused-ring (bicyclic) bond motifs is 2. The van der Waals surface area contributed by atoms with Crippen LogP contribution in [0.25, 0.3) is 0 Å². The van der Waals surface area contributed by atoms with Crippen LogP contribution in [-0.2, 0) is 16.1 Å². The predicted molar refractivity (Wildman–Crippen MR) is 101 cm³/mol. The van der Waals surface area contributed by atoms with Crippen molar-refractivity contribution < 1.29 is 14.4 Å². The molecule has 8 heteroatoms. The first-order valence-electron chi connectivity index (χ1n) is 8.44. The van der Waals surface area contributed by atoms with Gasteiger partial charge in [-0.1, -0.05) is 30.3 Å². The van der Waals surface area contributed by atoms with Crippen molar-refractivity contribution >= 4 is 40.7 Å². The lowest BCUT2D eigenvalue weighted by atomic mass is 10.1. The highest BCUT2D eigenvalue weighted by atomic mass is 16.2. The van der Waals surface area contributed by atoms with E-state index < -0.39 is 12.1 Å². The molecule has 3 N–H and O–H groups in total. The molecule has 0 saturated carbocycles. The molecule has 2 aromatic rings. The highest BCUT2D eigenvalue weighted by Gasteiger charge is 2.40. The summed E-state index contributed by atoms with van der Waals surface area (Å²) >= 11 is 0. The van der Waals surface area contributed by atoms with Gasteiger partial charge in [-0.15, -0.1) is 0 Å². The molecule has 136 valence electrons. The first-order chi connectivity index (χ1) is 13.0. The second kappa shape index (κ2) is 6.56. The summed E-state index contributed by atoms with van der Waals surface area (Å²) in [4.78, 5) is 42.1. The molecule has 4 amide bonds. The van der Waals surface area contributed by atoms with Crippen molar-refractivity contribution in [1.29, 1.82) is 0 Å². The third-order valence-electron chi connectivity index (χ3n) is 4.31. The quantitative estimate of drug-likeness (QED) is 0.778. The van der Waals surface area contributed by atoms with Crippen molar-refractivity contribution in [3.8, 4) is 0 Å². The van der Waals surface area contributed by atoms with Gasteiger partial charge in [-0.05, 0) is 23.8 Å². The zero-order valence-corrected chi connectivity index (χ0v) is 14.5. The van der Waals surface area contributed by atoms with E-state index in [1.165, 1.54) is 11.8 Å². The molecule has 0 bridgehead atoms. The molecule has 1 fully saturated rings. The third kappa shape index (κ3) is 3.24. The van der Waals surface area contributed by atoms with Crippen molar-refractivity contribution in [1.82, 2.24) is 10.2 Å². The number of nitrogens with one attached hydrogen (secondary N) is 3. The summed E-state index contributed by atoms with van der Waals surface area (Å²) in [6.07, 6.45) is 0. The lowest BCUT2D eigenvalue weighted by molar-refractivity contribution is -0.128. The number of hydrogen-bond acceptors (Lipinski definition) is 5. The van der Waals surface area contributed by atoms with Crippen molar-refractivity contribution in [3.63, 3.8) is 0 Å². The van der Waals surface area contributed by atoms with Gasteiger partial charge in [0.2, 0.25) is 5.91 Å². The second-order valence-electron chi connectivity index (χ2n) is 6.33. The van der Waals surface area contributed by atoms with Gasteiger partial charge in [0.25, 0.3) is 5.91 Å². The number of amidine groups is 1. The maximum atomic E-state index is 12.9. The lowest BCUT2D eigenvalue weighted by Gasteiger charge is -2.35. The van der Waals surface area contributed by atoms with E-state index in [1.54, 1.807) is 18.2 Å². The number of benzene rings is 2. The Balaban J connectivity index is 1.60. The maximum Gasteiger partial charge on any atom is 0.329 e. The summed E-state index contributed by atoms with van der Waals surface area (Å²) in [7, 11) is 0. The summed E-state index contributed by atoms with van der Waals surface area (Å²) in [5, 5.41) is 8.48. The minimum atomic E-state index is -0.759. The van der Waals surface area contributed by atoms with E-state index in [9.17, 15) is 14.4 Å². The van der Waals surface area contributed by atoms with Gasteiger partial charge >= 0.3 is 6.03 Å². The number of carbonyl (C=O) groups is 3. The van der Waals surface area contributed by atoms with Crippen LogP contribution in [0.1, 0.15) is 12.5 Å². The van der Waals surface area contributed by atoms with E-state index in [-0.39, 0.29) is 24.2 Å². The first kappa shape index (κ1) is 16.8. The highest BCUT2D eigenvalue weighted by Crippen LogP contribution is 2.33. The molecule has 2 aliphatic heterocycles. The molecule has 0 aromatic heterocycles. The standard InChI is InChI=1S/C19H17N5O3/c1-11(25)20-13-7-8-14-15(9-13)22-17-16(21-14)18(26)24(19(27)23-17)10-12-5-3-2-4-6-12/h2-9,16,21H,10H2,1H3,(H,20,25)(H,22,23,27)/t16-/m1/s1. The van der Waals surface area contributed by atoms with Crippen LogP contribution in [0.5, 0.6) is 0 Å². The minimum Gasteiger partial charge on any atom is -0.366 e. The van der Waals surface area contributed by atoms with E-state index >= 15 is 0 Å². The fourth-order valence-corrected chi connectivity index (χ4v) is 3.07. The lowest BCUT2D eigenvalue weighted by Crippen LogP contribution is -2.63. The molecule has 0 spiro atoms. The smallest absolute Gasteiger partial charge is 0.329 e. The molecule has 4 rings (SSSR count). The average molecular weight is 363 g/mol. The van der Waals surface area contributed by atoms with Crippen molar-refractivity contribution in [2.45, 2.75) is 19.5 Å². The van der Waals surface area contributed by atoms with Gasteiger partial charge in [-0.3, -0.25) is 19.8 Å².